The summed E-state index contributed by atoms with van der Waals surface area (Å²) in [5, 5.41) is 16.7. The van der Waals surface area contributed by atoms with E-state index in [1.165, 1.54) is 36.3 Å². The monoisotopic (exact) mass is 386 g/mol. The lowest BCUT2D eigenvalue weighted by Crippen LogP contribution is -2.13. The molecule has 1 N–H and O–H groups in total. The predicted molar refractivity (Wildman–Crippen MR) is 97.8 cm³/mol. The molecule has 132 valence electrons. The largest absolute Gasteiger partial charge is 0.336 e. The van der Waals surface area contributed by atoms with Gasteiger partial charge in [-0.1, -0.05) is 30.0 Å². The fourth-order valence-electron chi connectivity index (χ4n) is 2.20. The Hall–Kier alpha value is -2.90. The number of aromatic nitrogens is 4. The number of rotatable bonds is 5. The molecule has 10 heteroatoms. The van der Waals surface area contributed by atoms with Crippen LogP contribution < -0.4 is 5.32 Å². The van der Waals surface area contributed by atoms with Gasteiger partial charge in [-0.15, -0.1) is 0 Å². The molecule has 0 aliphatic carbocycles. The normalized spacial score (nSPS) is 11.1. The van der Waals surface area contributed by atoms with Crippen molar-refractivity contribution < 1.29 is 8.42 Å². The number of aryl methyl sites for hydroxylation is 1. The van der Waals surface area contributed by atoms with E-state index in [-0.39, 0.29) is 4.90 Å². The number of thioether (sulfide) groups is 1. The third-order valence-corrected chi connectivity index (χ3v) is 5.58. The van der Waals surface area contributed by atoms with E-state index in [0.717, 1.165) is 4.09 Å². The van der Waals surface area contributed by atoms with Crippen LogP contribution in [0.4, 0.5) is 11.5 Å². The summed E-state index contributed by atoms with van der Waals surface area (Å²) in [6.45, 7) is 1.72. The summed E-state index contributed by atoms with van der Waals surface area (Å²) in [7, 11) is -3.78. The Morgan fingerprint density at radius 1 is 1.23 bits per heavy atom. The van der Waals surface area contributed by atoms with Crippen LogP contribution in [0.25, 0.3) is 0 Å². The van der Waals surface area contributed by atoms with Crippen molar-refractivity contribution in [3.63, 3.8) is 0 Å². The van der Waals surface area contributed by atoms with E-state index < -0.39 is 10.0 Å². The second kappa shape index (κ2) is 7.15. The van der Waals surface area contributed by atoms with Gasteiger partial charge in [0.25, 0.3) is 10.0 Å². The molecule has 3 rings (SSSR count). The Labute approximate surface area is 155 Å². The van der Waals surface area contributed by atoms with Crippen molar-refractivity contribution in [3.8, 4) is 6.07 Å². The maximum atomic E-state index is 12.6. The fraction of sp³-hybridized carbons (Fsp3) is 0.125. The van der Waals surface area contributed by atoms with Crippen LogP contribution in [0.3, 0.4) is 0 Å². The van der Waals surface area contributed by atoms with Crippen LogP contribution in [0.15, 0.2) is 52.8 Å². The van der Waals surface area contributed by atoms with Crippen molar-refractivity contribution in [2.24, 2.45) is 0 Å². The van der Waals surface area contributed by atoms with Gasteiger partial charge in [0.1, 0.15) is 11.6 Å². The summed E-state index contributed by atoms with van der Waals surface area (Å²) < 4.78 is 26.0. The molecule has 8 nitrogen and oxygen atoms in total. The van der Waals surface area contributed by atoms with E-state index in [0.29, 0.717) is 27.9 Å². The molecule has 3 aromatic rings. The Balaban J connectivity index is 1.95. The molecule has 1 aromatic carbocycles. The second-order valence-corrected chi connectivity index (χ2v) is 7.74. The van der Waals surface area contributed by atoms with Crippen molar-refractivity contribution in [3.05, 3.63) is 54.0 Å². The van der Waals surface area contributed by atoms with Gasteiger partial charge < -0.3 is 5.32 Å². The predicted octanol–water partition coefficient (Wildman–Crippen LogP) is 2.56. The second-order valence-electron chi connectivity index (χ2n) is 5.18. The Morgan fingerprint density at radius 3 is 2.62 bits per heavy atom. The van der Waals surface area contributed by atoms with Crippen molar-refractivity contribution >= 4 is 33.3 Å². The molecule has 2 heterocycles. The first-order valence-electron chi connectivity index (χ1n) is 7.40. The summed E-state index contributed by atoms with van der Waals surface area (Å²) >= 11 is 1.35. The van der Waals surface area contributed by atoms with Crippen molar-refractivity contribution in [1.29, 1.82) is 5.26 Å². The number of hydrogen-bond acceptors (Lipinski definition) is 8. The zero-order chi connectivity index (χ0) is 18.7. The summed E-state index contributed by atoms with van der Waals surface area (Å²) in [5.74, 6) is 0.306. The van der Waals surface area contributed by atoms with Crippen LogP contribution in [0.2, 0.25) is 0 Å². The molecule has 0 saturated carbocycles. The molecule has 26 heavy (non-hydrogen) atoms. The molecule has 0 aliphatic heterocycles. The molecule has 0 spiro atoms. The molecule has 0 aliphatic rings. The van der Waals surface area contributed by atoms with Gasteiger partial charge in [-0.3, -0.25) is 0 Å². The minimum atomic E-state index is -3.78. The minimum Gasteiger partial charge on any atom is -0.336 e. The highest BCUT2D eigenvalue weighted by Crippen LogP contribution is 2.23. The highest BCUT2D eigenvalue weighted by Gasteiger charge is 2.18. The van der Waals surface area contributed by atoms with Gasteiger partial charge in [0.05, 0.1) is 28.7 Å². The van der Waals surface area contributed by atoms with Crippen LogP contribution in [0.1, 0.15) is 11.3 Å². The first-order valence-corrected chi connectivity index (χ1v) is 10.1. The lowest BCUT2D eigenvalue weighted by molar-refractivity contribution is 0.580. The standard InChI is InChI=1S/C16H14N6O2S2/c1-11-14(8-17)15(21-16(19-11)25-2)20-12-9-18-22(10-12)26(23,24)13-6-4-3-5-7-13/h3-7,9-10H,1-2H3,(H,19,20,21). The number of nitrogens with one attached hydrogen (secondary N) is 1. The number of benzene rings is 1. The first-order chi connectivity index (χ1) is 12.5. The molecular formula is C16H14N6O2S2. The molecule has 0 radical (unpaired) electrons. The number of nitriles is 1. The first kappa shape index (κ1) is 17.9. The average molecular weight is 386 g/mol. The van der Waals surface area contributed by atoms with Gasteiger partial charge in [-0.2, -0.15) is 22.9 Å². The summed E-state index contributed by atoms with van der Waals surface area (Å²) in [6, 6.07) is 10.1. The summed E-state index contributed by atoms with van der Waals surface area (Å²) in [6.07, 6.45) is 4.52. The van der Waals surface area contributed by atoms with Crippen LogP contribution >= 0.6 is 11.8 Å². The van der Waals surface area contributed by atoms with E-state index in [1.54, 1.807) is 25.1 Å². The highest BCUT2D eigenvalue weighted by atomic mass is 32.2. The van der Waals surface area contributed by atoms with E-state index in [2.05, 4.69) is 26.5 Å². The molecule has 0 atom stereocenters. The lowest BCUT2D eigenvalue weighted by atomic mass is 10.2. The van der Waals surface area contributed by atoms with Gasteiger partial charge in [0.15, 0.2) is 11.0 Å². The molecule has 0 unspecified atom stereocenters. The van der Waals surface area contributed by atoms with Crippen LogP contribution in [-0.2, 0) is 10.0 Å². The number of anilines is 2. The van der Waals surface area contributed by atoms with E-state index in [4.69, 9.17) is 0 Å². The Kier molecular flexibility index (Phi) is 4.92. The van der Waals surface area contributed by atoms with Gasteiger partial charge in [0.2, 0.25) is 0 Å². The maximum Gasteiger partial charge on any atom is 0.283 e. The topological polar surface area (TPSA) is 114 Å². The Morgan fingerprint density at radius 2 is 1.96 bits per heavy atom. The van der Waals surface area contributed by atoms with Crippen LogP contribution in [-0.4, -0.2) is 33.8 Å². The highest BCUT2D eigenvalue weighted by molar-refractivity contribution is 7.98. The van der Waals surface area contributed by atoms with Gasteiger partial charge >= 0.3 is 0 Å². The Bertz CT molecular complexity index is 1090. The SMILES string of the molecule is CSc1nc(C)c(C#N)c(Nc2cnn(S(=O)(=O)c3ccccc3)c2)n1. The maximum absolute atomic E-state index is 12.6. The fourth-order valence-corrected chi connectivity index (χ4v) is 3.75. The van der Waals surface area contributed by atoms with Crippen LogP contribution in [0, 0.1) is 18.3 Å². The van der Waals surface area contributed by atoms with Crippen molar-refractivity contribution in [1.82, 2.24) is 19.2 Å². The quantitative estimate of drug-likeness (QED) is 0.526. The molecule has 0 saturated heterocycles. The molecule has 0 amide bonds. The zero-order valence-electron chi connectivity index (χ0n) is 13.9. The zero-order valence-corrected chi connectivity index (χ0v) is 15.5. The molecule has 0 bridgehead atoms. The van der Waals surface area contributed by atoms with E-state index >= 15 is 0 Å². The minimum absolute atomic E-state index is 0.134. The summed E-state index contributed by atoms with van der Waals surface area (Å²) in [5.41, 5.74) is 1.23. The smallest absolute Gasteiger partial charge is 0.283 e. The third kappa shape index (κ3) is 3.40. The molecule has 2 aromatic heterocycles. The van der Waals surface area contributed by atoms with E-state index in [1.807, 2.05) is 6.26 Å². The van der Waals surface area contributed by atoms with Gasteiger partial charge in [0, 0.05) is 0 Å². The average Bonchev–Trinajstić information content (AvgIpc) is 3.11. The van der Waals surface area contributed by atoms with Gasteiger partial charge in [-0.05, 0) is 25.3 Å². The number of nitrogens with zero attached hydrogens (tertiary/aromatic N) is 5. The van der Waals surface area contributed by atoms with Gasteiger partial charge in [-0.25, -0.2) is 9.97 Å². The van der Waals surface area contributed by atoms with E-state index in [9.17, 15) is 13.7 Å². The van der Waals surface area contributed by atoms with Crippen molar-refractivity contribution in [2.45, 2.75) is 17.0 Å². The molecular weight excluding hydrogens is 372 g/mol. The third-order valence-electron chi connectivity index (χ3n) is 3.47. The van der Waals surface area contributed by atoms with Crippen LogP contribution in [0.5, 0.6) is 0 Å². The molecule has 0 fully saturated rings. The number of hydrogen-bond donors (Lipinski definition) is 1. The van der Waals surface area contributed by atoms with Crippen molar-refractivity contribution in [2.75, 3.05) is 11.6 Å². The lowest BCUT2D eigenvalue weighted by Gasteiger charge is -2.08. The summed E-state index contributed by atoms with van der Waals surface area (Å²) in [4.78, 5) is 8.64.